The summed E-state index contributed by atoms with van der Waals surface area (Å²) in [5.41, 5.74) is 6.75. The van der Waals surface area contributed by atoms with E-state index in [0.717, 1.165) is 18.8 Å². The fourth-order valence-corrected chi connectivity index (χ4v) is 1.38. The normalized spacial score (nSPS) is 10.1. The molecule has 0 bridgehead atoms. The Kier molecular flexibility index (Phi) is 3.60. The lowest BCUT2D eigenvalue weighted by Crippen LogP contribution is -2.25. The Morgan fingerprint density at radius 1 is 1.47 bits per heavy atom. The Hall–Kier alpha value is -1.65. The highest BCUT2D eigenvalue weighted by atomic mass is 15.2. The lowest BCUT2D eigenvalue weighted by molar-refractivity contribution is 0.815. The molecular formula is C10H17N5. The van der Waals surface area contributed by atoms with E-state index in [2.05, 4.69) is 28.7 Å². The molecule has 0 amide bonds. The van der Waals surface area contributed by atoms with E-state index >= 15 is 0 Å². The largest absolute Gasteiger partial charge is 0.384 e. The summed E-state index contributed by atoms with van der Waals surface area (Å²) in [5.74, 6) is 0.709. The van der Waals surface area contributed by atoms with Crippen LogP contribution in [-0.4, -0.2) is 28.9 Å². The minimum Gasteiger partial charge on any atom is -0.384 e. The summed E-state index contributed by atoms with van der Waals surface area (Å²) in [6.07, 6.45) is 1.61. The maximum Gasteiger partial charge on any atom is 0.225 e. The van der Waals surface area contributed by atoms with E-state index < -0.39 is 0 Å². The molecule has 0 saturated carbocycles. The van der Waals surface area contributed by atoms with E-state index in [1.165, 1.54) is 0 Å². The summed E-state index contributed by atoms with van der Waals surface area (Å²) >= 11 is 0. The number of nitrogen functional groups attached to an aromatic ring is 1. The minimum absolute atomic E-state index is 0.0126. The van der Waals surface area contributed by atoms with Gasteiger partial charge >= 0.3 is 0 Å². The second kappa shape index (κ2) is 4.72. The summed E-state index contributed by atoms with van der Waals surface area (Å²) < 4.78 is 0. The van der Waals surface area contributed by atoms with Gasteiger partial charge in [-0.2, -0.15) is 0 Å². The zero-order chi connectivity index (χ0) is 11.4. The molecular weight excluding hydrogens is 190 g/mol. The van der Waals surface area contributed by atoms with E-state index in [0.29, 0.717) is 11.5 Å². The molecule has 3 N–H and O–H groups in total. The molecule has 0 atom stereocenters. The summed E-state index contributed by atoms with van der Waals surface area (Å²) in [6, 6.07) is 0. The number of aryl methyl sites for hydroxylation is 1. The van der Waals surface area contributed by atoms with Crippen LogP contribution in [0.5, 0.6) is 0 Å². The van der Waals surface area contributed by atoms with Gasteiger partial charge in [0, 0.05) is 19.3 Å². The number of nitrogens with one attached hydrogen (secondary N) is 1. The highest BCUT2D eigenvalue weighted by Gasteiger charge is 2.09. The molecule has 0 aromatic carbocycles. The Morgan fingerprint density at radius 3 is 2.47 bits per heavy atom. The molecule has 1 rings (SSSR count). The molecule has 0 saturated heterocycles. The number of aromatic nitrogens is 2. The number of amidine groups is 1. The van der Waals surface area contributed by atoms with Gasteiger partial charge in [0.15, 0.2) is 0 Å². The van der Waals surface area contributed by atoms with Gasteiger partial charge < -0.3 is 10.6 Å². The monoisotopic (exact) mass is 207 g/mol. The SMILES string of the molecule is CCN(CC)c1ncc(C(=N)N)c(C)n1. The number of nitrogens with two attached hydrogens (primary N) is 1. The summed E-state index contributed by atoms with van der Waals surface area (Å²) in [6.45, 7) is 7.69. The maximum atomic E-state index is 7.33. The van der Waals surface area contributed by atoms with Gasteiger partial charge in [-0.15, -0.1) is 0 Å². The smallest absolute Gasteiger partial charge is 0.225 e. The third-order valence-electron chi connectivity index (χ3n) is 2.30. The zero-order valence-electron chi connectivity index (χ0n) is 9.41. The number of hydrogen-bond acceptors (Lipinski definition) is 4. The van der Waals surface area contributed by atoms with Gasteiger partial charge in [0.05, 0.1) is 11.3 Å². The Morgan fingerprint density at radius 2 is 2.07 bits per heavy atom. The molecule has 82 valence electrons. The molecule has 1 aromatic heterocycles. The average molecular weight is 207 g/mol. The van der Waals surface area contributed by atoms with Crippen molar-refractivity contribution in [1.29, 1.82) is 5.41 Å². The number of nitrogens with zero attached hydrogens (tertiary/aromatic N) is 3. The van der Waals surface area contributed by atoms with E-state index in [9.17, 15) is 0 Å². The predicted molar refractivity (Wildman–Crippen MR) is 61.3 cm³/mol. The topological polar surface area (TPSA) is 78.9 Å². The molecule has 1 aromatic rings. The average Bonchev–Trinajstić information content (AvgIpc) is 2.19. The lowest BCUT2D eigenvalue weighted by atomic mass is 10.2. The summed E-state index contributed by atoms with van der Waals surface area (Å²) in [4.78, 5) is 10.6. The first-order valence-electron chi connectivity index (χ1n) is 5.03. The molecule has 0 unspecified atom stereocenters. The number of hydrogen-bond donors (Lipinski definition) is 2. The van der Waals surface area contributed by atoms with E-state index in [4.69, 9.17) is 11.1 Å². The quantitative estimate of drug-likeness (QED) is 0.568. The molecule has 0 aliphatic heterocycles. The molecule has 15 heavy (non-hydrogen) atoms. The summed E-state index contributed by atoms with van der Waals surface area (Å²) in [5, 5.41) is 7.33. The lowest BCUT2D eigenvalue weighted by Gasteiger charge is -2.19. The van der Waals surface area contributed by atoms with Gasteiger partial charge in [-0.25, -0.2) is 9.97 Å². The van der Waals surface area contributed by atoms with Crippen molar-refractivity contribution in [3.8, 4) is 0 Å². The van der Waals surface area contributed by atoms with Crippen LogP contribution >= 0.6 is 0 Å². The van der Waals surface area contributed by atoms with Gasteiger partial charge in [0.2, 0.25) is 5.95 Å². The Labute approximate surface area is 89.8 Å². The van der Waals surface area contributed by atoms with Crippen molar-refractivity contribution in [2.75, 3.05) is 18.0 Å². The van der Waals surface area contributed by atoms with Crippen LogP contribution in [0.4, 0.5) is 5.95 Å². The Bertz CT molecular complexity index is 357. The third kappa shape index (κ3) is 2.43. The molecule has 5 nitrogen and oxygen atoms in total. The molecule has 5 heteroatoms. The molecule has 0 fully saturated rings. The van der Waals surface area contributed by atoms with E-state index in [1.54, 1.807) is 6.20 Å². The first kappa shape index (κ1) is 11.4. The highest BCUT2D eigenvalue weighted by molar-refractivity contribution is 5.95. The van der Waals surface area contributed by atoms with Gasteiger partial charge in [-0.3, -0.25) is 5.41 Å². The second-order valence-electron chi connectivity index (χ2n) is 3.26. The Balaban J connectivity index is 3.05. The van der Waals surface area contributed by atoms with Crippen molar-refractivity contribution in [3.05, 3.63) is 17.5 Å². The van der Waals surface area contributed by atoms with Crippen LogP contribution in [0.15, 0.2) is 6.20 Å². The van der Waals surface area contributed by atoms with Crippen LogP contribution in [-0.2, 0) is 0 Å². The van der Waals surface area contributed by atoms with Crippen LogP contribution in [0.3, 0.4) is 0 Å². The molecule has 0 aliphatic carbocycles. The molecule has 1 heterocycles. The van der Waals surface area contributed by atoms with E-state index in [-0.39, 0.29) is 5.84 Å². The van der Waals surface area contributed by atoms with Crippen LogP contribution in [0.25, 0.3) is 0 Å². The fraction of sp³-hybridized carbons (Fsp3) is 0.500. The molecule has 0 radical (unpaired) electrons. The maximum absolute atomic E-state index is 7.33. The number of rotatable bonds is 4. The van der Waals surface area contributed by atoms with Gasteiger partial charge in [-0.1, -0.05) is 0 Å². The molecule has 0 aliphatic rings. The predicted octanol–water partition coefficient (Wildman–Crippen LogP) is 0.915. The van der Waals surface area contributed by atoms with Crippen molar-refractivity contribution in [2.45, 2.75) is 20.8 Å². The standard InChI is InChI=1S/C10H17N5/c1-4-15(5-2)10-13-6-8(9(11)12)7(3)14-10/h6H,4-5H2,1-3H3,(H3,11,12). The summed E-state index contributed by atoms with van der Waals surface area (Å²) in [7, 11) is 0. The van der Waals surface area contributed by atoms with Gasteiger partial charge in [0.25, 0.3) is 0 Å². The minimum atomic E-state index is 0.0126. The second-order valence-corrected chi connectivity index (χ2v) is 3.26. The van der Waals surface area contributed by atoms with Crippen LogP contribution in [0.2, 0.25) is 0 Å². The van der Waals surface area contributed by atoms with Gasteiger partial charge in [0.1, 0.15) is 5.84 Å². The van der Waals surface area contributed by atoms with Crippen molar-refractivity contribution >= 4 is 11.8 Å². The van der Waals surface area contributed by atoms with Crippen LogP contribution in [0, 0.1) is 12.3 Å². The first-order chi connectivity index (χ1) is 7.10. The van der Waals surface area contributed by atoms with Gasteiger partial charge in [-0.05, 0) is 20.8 Å². The van der Waals surface area contributed by atoms with Crippen molar-refractivity contribution in [2.24, 2.45) is 5.73 Å². The zero-order valence-corrected chi connectivity index (χ0v) is 9.41. The van der Waals surface area contributed by atoms with Crippen molar-refractivity contribution in [3.63, 3.8) is 0 Å². The molecule has 0 spiro atoms. The fourth-order valence-electron chi connectivity index (χ4n) is 1.38. The number of anilines is 1. The first-order valence-corrected chi connectivity index (χ1v) is 5.03. The van der Waals surface area contributed by atoms with E-state index in [1.807, 2.05) is 6.92 Å². The van der Waals surface area contributed by atoms with Crippen molar-refractivity contribution in [1.82, 2.24) is 9.97 Å². The van der Waals surface area contributed by atoms with Crippen molar-refractivity contribution < 1.29 is 0 Å². The van der Waals surface area contributed by atoms with Crippen LogP contribution < -0.4 is 10.6 Å². The highest BCUT2D eigenvalue weighted by Crippen LogP contribution is 2.10. The van der Waals surface area contributed by atoms with Crippen LogP contribution in [0.1, 0.15) is 25.1 Å². The third-order valence-corrected chi connectivity index (χ3v) is 2.30.